The van der Waals surface area contributed by atoms with Gasteiger partial charge in [-0.2, -0.15) is 5.10 Å². The highest BCUT2D eigenvalue weighted by Crippen LogP contribution is 2.34. The molecule has 0 aromatic carbocycles. The molecule has 0 bridgehead atoms. The monoisotopic (exact) mass is 318 g/mol. The molecule has 0 aliphatic carbocycles. The SMILES string of the molecule is c1coc(CN2CCOCC3(CCC(Cn4cncn4)O3)C2)c1. The summed E-state index contributed by atoms with van der Waals surface area (Å²) < 4.78 is 19.6. The average Bonchev–Trinajstić information content (AvgIpc) is 3.25. The normalized spacial score (nSPS) is 29.1. The van der Waals surface area contributed by atoms with Crippen LogP contribution in [0.1, 0.15) is 18.6 Å². The molecule has 2 aromatic heterocycles. The summed E-state index contributed by atoms with van der Waals surface area (Å²) >= 11 is 0. The van der Waals surface area contributed by atoms with Crippen molar-refractivity contribution in [1.82, 2.24) is 19.7 Å². The molecule has 7 heteroatoms. The van der Waals surface area contributed by atoms with Crippen LogP contribution >= 0.6 is 0 Å². The molecule has 0 saturated carbocycles. The van der Waals surface area contributed by atoms with Gasteiger partial charge in [-0.3, -0.25) is 9.58 Å². The molecule has 2 saturated heterocycles. The largest absolute Gasteiger partial charge is 0.468 e. The molecule has 0 N–H and O–H groups in total. The number of aromatic nitrogens is 3. The van der Waals surface area contributed by atoms with Crippen molar-refractivity contribution >= 4 is 0 Å². The standard InChI is InChI=1S/C16H22N4O3/c1-2-14(22-6-1)8-19-5-7-21-11-16(10-19)4-3-15(23-16)9-20-13-17-12-18-20/h1-2,6,12-13,15H,3-5,7-11H2. The fourth-order valence-electron chi connectivity index (χ4n) is 3.52. The van der Waals surface area contributed by atoms with E-state index in [-0.39, 0.29) is 11.7 Å². The summed E-state index contributed by atoms with van der Waals surface area (Å²) in [6, 6.07) is 3.95. The van der Waals surface area contributed by atoms with Gasteiger partial charge in [0.05, 0.1) is 38.7 Å². The van der Waals surface area contributed by atoms with Gasteiger partial charge in [0.25, 0.3) is 0 Å². The molecule has 124 valence electrons. The fourth-order valence-corrected chi connectivity index (χ4v) is 3.52. The van der Waals surface area contributed by atoms with Crippen molar-refractivity contribution in [3.05, 3.63) is 36.8 Å². The molecule has 23 heavy (non-hydrogen) atoms. The molecule has 2 fully saturated rings. The first-order valence-electron chi connectivity index (χ1n) is 8.14. The number of hydrogen-bond donors (Lipinski definition) is 0. The maximum atomic E-state index is 6.41. The van der Waals surface area contributed by atoms with E-state index in [1.54, 1.807) is 18.9 Å². The van der Waals surface area contributed by atoms with Gasteiger partial charge in [-0.15, -0.1) is 0 Å². The molecule has 7 nitrogen and oxygen atoms in total. The van der Waals surface area contributed by atoms with Gasteiger partial charge in [-0.25, -0.2) is 4.98 Å². The number of nitrogens with zero attached hydrogens (tertiary/aromatic N) is 4. The second-order valence-corrected chi connectivity index (χ2v) is 6.42. The van der Waals surface area contributed by atoms with Crippen molar-refractivity contribution in [2.24, 2.45) is 0 Å². The predicted molar refractivity (Wildman–Crippen MR) is 81.7 cm³/mol. The van der Waals surface area contributed by atoms with E-state index >= 15 is 0 Å². The Kier molecular flexibility index (Phi) is 4.15. The number of rotatable bonds is 4. The van der Waals surface area contributed by atoms with Crippen molar-refractivity contribution in [3.8, 4) is 0 Å². The summed E-state index contributed by atoms with van der Waals surface area (Å²) in [4.78, 5) is 6.35. The van der Waals surface area contributed by atoms with Gasteiger partial charge in [0.1, 0.15) is 24.0 Å². The summed E-state index contributed by atoms with van der Waals surface area (Å²) in [5.41, 5.74) is -0.214. The van der Waals surface area contributed by atoms with Crippen LogP contribution in [0.2, 0.25) is 0 Å². The van der Waals surface area contributed by atoms with Gasteiger partial charge in [0.15, 0.2) is 0 Å². The van der Waals surface area contributed by atoms with Gasteiger partial charge < -0.3 is 13.9 Å². The molecule has 2 atom stereocenters. The maximum absolute atomic E-state index is 6.41. The molecular formula is C16H22N4O3. The Labute approximate surface area is 135 Å². The lowest BCUT2D eigenvalue weighted by Gasteiger charge is -2.31. The maximum Gasteiger partial charge on any atom is 0.137 e. The van der Waals surface area contributed by atoms with E-state index in [1.807, 2.05) is 16.8 Å². The topological polar surface area (TPSA) is 65.6 Å². The first kappa shape index (κ1) is 14.9. The first-order chi connectivity index (χ1) is 11.3. The van der Waals surface area contributed by atoms with Crippen LogP contribution in [-0.4, -0.2) is 57.7 Å². The number of ether oxygens (including phenoxy) is 2. The van der Waals surface area contributed by atoms with E-state index in [0.717, 1.165) is 51.4 Å². The van der Waals surface area contributed by atoms with Crippen LogP contribution < -0.4 is 0 Å². The van der Waals surface area contributed by atoms with Crippen molar-refractivity contribution in [1.29, 1.82) is 0 Å². The van der Waals surface area contributed by atoms with Crippen LogP contribution in [0.15, 0.2) is 35.5 Å². The Morgan fingerprint density at radius 1 is 1.39 bits per heavy atom. The van der Waals surface area contributed by atoms with Crippen LogP contribution in [0.5, 0.6) is 0 Å². The smallest absolute Gasteiger partial charge is 0.137 e. The van der Waals surface area contributed by atoms with Gasteiger partial charge in [0, 0.05) is 13.1 Å². The van der Waals surface area contributed by atoms with Crippen molar-refractivity contribution in [2.75, 3.05) is 26.3 Å². The molecule has 2 aliphatic rings. The highest BCUT2D eigenvalue weighted by molar-refractivity contribution is 5.00. The second kappa shape index (κ2) is 6.43. The Morgan fingerprint density at radius 3 is 3.22 bits per heavy atom. The third-order valence-corrected chi connectivity index (χ3v) is 4.58. The zero-order valence-corrected chi connectivity index (χ0v) is 13.1. The van der Waals surface area contributed by atoms with Gasteiger partial charge in [-0.05, 0) is 25.0 Å². The van der Waals surface area contributed by atoms with Gasteiger partial charge >= 0.3 is 0 Å². The zero-order chi connectivity index (χ0) is 15.5. The highest BCUT2D eigenvalue weighted by Gasteiger charge is 2.43. The molecule has 2 aromatic rings. The fraction of sp³-hybridized carbons (Fsp3) is 0.625. The summed E-state index contributed by atoms with van der Waals surface area (Å²) in [6.45, 7) is 4.73. The Balaban J connectivity index is 1.40. The van der Waals surface area contributed by atoms with E-state index in [1.165, 1.54) is 0 Å². The minimum absolute atomic E-state index is 0.170. The minimum Gasteiger partial charge on any atom is -0.468 e. The predicted octanol–water partition coefficient (Wildman–Crippen LogP) is 1.32. The van der Waals surface area contributed by atoms with Crippen molar-refractivity contribution in [2.45, 2.75) is 37.6 Å². The van der Waals surface area contributed by atoms with Crippen LogP contribution in [-0.2, 0) is 22.6 Å². The second-order valence-electron chi connectivity index (χ2n) is 6.42. The quantitative estimate of drug-likeness (QED) is 0.847. The Bertz CT molecular complexity index is 601. The molecule has 1 spiro atoms. The molecule has 2 unspecified atom stereocenters. The van der Waals surface area contributed by atoms with E-state index in [4.69, 9.17) is 13.9 Å². The summed E-state index contributed by atoms with van der Waals surface area (Å²) in [5, 5.41) is 4.17. The molecule has 4 rings (SSSR count). The Hall–Kier alpha value is -1.70. The van der Waals surface area contributed by atoms with Crippen LogP contribution in [0.4, 0.5) is 0 Å². The number of hydrogen-bond acceptors (Lipinski definition) is 6. The molecular weight excluding hydrogens is 296 g/mol. The lowest BCUT2D eigenvalue weighted by atomic mass is 10.00. The van der Waals surface area contributed by atoms with Crippen LogP contribution in [0, 0.1) is 0 Å². The third-order valence-electron chi connectivity index (χ3n) is 4.58. The lowest BCUT2D eigenvalue weighted by molar-refractivity contribution is -0.0907. The summed E-state index contributed by atoms with van der Waals surface area (Å²) in [6.07, 6.45) is 7.23. The molecule has 4 heterocycles. The Morgan fingerprint density at radius 2 is 2.39 bits per heavy atom. The third kappa shape index (κ3) is 3.46. The van der Waals surface area contributed by atoms with Crippen LogP contribution in [0.3, 0.4) is 0 Å². The highest BCUT2D eigenvalue weighted by atomic mass is 16.6. The molecule has 0 radical (unpaired) electrons. The lowest BCUT2D eigenvalue weighted by Crippen LogP contribution is -2.44. The van der Waals surface area contributed by atoms with Crippen molar-refractivity contribution in [3.63, 3.8) is 0 Å². The molecule has 0 amide bonds. The van der Waals surface area contributed by atoms with Gasteiger partial charge in [-0.1, -0.05) is 0 Å². The summed E-state index contributed by atoms with van der Waals surface area (Å²) in [7, 11) is 0. The van der Waals surface area contributed by atoms with Gasteiger partial charge in [0.2, 0.25) is 0 Å². The van der Waals surface area contributed by atoms with E-state index < -0.39 is 0 Å². The van der Waals surface area contributed by atoms with E-state index in [0.29, 0.717) is 6.61 Å². The van der Waals surface area contributed by atoms with Crippen molar-refractivity contribution < 1.29 is 13.9 Å². The number of furan rings is 1. The summed E-state index contributed by atoms with van der Waals surface area (Å²) in [5.74, 6) is 0.985. The molecule has 2 aliphatic heterocycles. The first-order valence-corrected chi connectivity index (χ1v) is 8.14. The van der Waals surface area contributed by atoms with Crippen LogP contribution in [0.25, 0.3) is 0 Å². The van der Waals surface area contributed by atoms with E-state index in [9.17, 15) is 0 Å². The zero-order valence-electron chi connectivity index (χ0n) is 13.1. The van der Waals surface area contributed by atoms with E-state index in [2.05, 4.69) is 15.0 Å². The average molecular weight is 318 g/mol. The minimum atomic E-state index is -0.214.